The third-order valence-corrected chi connectivity index (χ3v) is 1.90. The fourth-order valence-electron chi connectivity index (χ4n) is 0.747. The third kappa shape index (κ3) is 1.81. The van der Waals surface area contributed by atoms with Crippen LogP contribution in [0.1, 0.15) is 0 Å². The molecule has 0 aromatic heterocycles. The Morgan fingerprint density at radius 2 is 2.23 bits per heavy atom. The Hall–Kier alpha value is -1.48. The van der Waals surface area contributed by atoms with Gasteiger partial charge in [-0.1, -0.05) is 0 Å². The lowest BCUT2D eigenvalue weighted by atomic mass is 10.3. The monoisotopic (exact) mass is 244 g/mol. The Bertz CT molecular complexity index is 414. The van der Waals surface area contributed by atoms with Gasteiger partial charge in [-0.25, -0.2) is 9.24 Å². The van der Waals surface area contributed by atoms with Gasteiger partial charge in [-0.15, -0.1) is 0 Å². The molecule has 0 saturated heterocycles. The van der Waals surface area contributed by atoms with Crippen molar-refractivity contribution in [1.82, 2.24) is 0 Å². The van der Waals surface area contributed by atoms with Crippen molar-refractivity contribution in [1.29, 1.82) is 0 Å². The van der Waals surface area contributed by atoms with E-state index in [2.05, 4.69) is 20.8 Å². The standard InChI is InChI=1S/C7H2BrFN2O2/c1-10-6-3-4(11(12)13)2-5(8)7(6)9/h2-3H. The minimum atomic E-state index is -0.777. The van der Waals surface area contributed by atoms with Crippen LogP contribution in [-0.4, -0.2) is 4.92 Å². The first kappa shape index (κ1) is 9.61. The number of non-ortho nitro benzene ring substituents is 1. The molecule has 0 spiro atoms. The van der Waals surface area contributed by atoms with E-state index >= 15 is 0 Å². The summed E-state index contributed by atoms with van der Waals surface area (Å²) < 4.78 is 12.9. The number of nitro benzene ring substituents is 1. The number of benzene rings is 1. The predicted molar refractivity (Wildman–Crippen MR) is 47.0 cm³/mol. The molecule has 1 aromatic rings. The van der Waals surface area contributed by atoms with Gasteiger partial charge in [-0.05, 0) is 15.9 Å². The van der Waals surface area contributed by atoms with E-state index in [0.29, 0.717) is 0 Å². The molecule has 66 valence electrons. The second kappa shape index (κ2) is 3.49. The van der Waals surface area contributed by atoms with Crippen molar-refractivity contribution in [3.8, 4) is 0 Å². The maximum atomic E-state index is 13.0. The fourth-order valence-corrected chi connectivity index (χ4v) is 1.19. The zero-order chi connectivity index (χ0) is 10.0. The average molecular weight is 245 g/mol. The Kier molecular flexibility index (Phi) is 2.58. The van der Waals surface area contributed by atoms with Gasteiger partial charge >= 0.3 is 0 Å². The van der Waals surface area contributed by atoms with Gasteiger partial charge in [0.2, 0.25) is 5.69 Å². The lowest BCUT2D eigenvalue weighted by Gasteiger charge is -1.97. The van der Waals surface area contributed by atoms with Crippen LogP contribution < -0.4 is 0 Å². The Morgan fingerprint density at radius 1 is 1.62 bits per heavy atom. The summed E-state index contributed by atoms with van der Waals surface area (Å²) in [5.74, 6) is -0.777. The van der Waals surface area contributed by atoms with Crippen LogP contribution in [-0.2, 0) is 0 Å². The van der Waals surface area contributed by atoms with Crippen molar-refractivity contribution in [3.63, 3.8) is 0 Å². The molecule has 0 saturated carbocycles. The molecule has 4 nitrogen and oxygen atoms in total. The normalized spacial score (nSPS) is 9.31. The molecule has 0 aliphatic carbocycles. The zero-order valence-electron chi connectivity index (χ0n) is 6.12. The lowest BCUT2D eigenvalue weighted by molar-refractivity contribution is -0.384. The van der Waals surface area contributed by atoms with E-state index in [1.807, 2.05) is 0 Å². The molecule has 1 aromatic carbocycles. The molecule has 1 rings (SSSR count). The van der Waals surface area contributed by atoms with E-state index in [-0.39, 0.29) is 15.8 Å². The zero-order valence-corrected chi connectivity index (χ0v) is 7.71. The molecule has 0 bridgehead atoms. The summed E-state index contributed by atoms with van der Waals surface area (Å²) in [5, 5.41) is 10.3. The third-order valence-electron chi connectivity index (χ3n) is 1.33. The Morgan fingerprint density at radius 3 is 2.69 bits per heavy atom. The number of nitrogens with zero attached hydrogens (tertiary/aromatic N) is 2. The molecule has 0 amide bonds. The molecular weight excluding hydrogens is 243 g/mol. The van der Waals surface area contributed by atoms with Crippen LogP contribution in [0.2, 0.25) is 0 Å². The first-order chi connectivity index (χ1) is 6.06. The minimum absolute atomic E-state index is 0.0762. The number of rotatable bonds is 1. The van der Waals surface area contributed by atoms with Crippen molar-refractivity contribution in [2.45, 2.75) is 0 Å². The van der Waals surface area contributed by atoms with E-state index in [0.717, 1.165) is 12.1 Å². The number of hydrogen-bond acceptors (Lipinski definition) is 2. The molecule has 0 atom stereocenters. The maximum absolute atomic E-state index is 13.0. The van der Waals surface area contributed by atoms with Crippen molar-refractivity contribution < 1.29 is 9.31 Å². The van der Waals surface area contributed by atoms with Crippen LogP contribution in [0.15, 0.2) is 16.6 Å². The van der Waals surface area contributed by atoms with Gasteiger partial charge in [-0.2, -0.15) is 0 Å². The van der Waals surface area contributed by atoms with E-state index in [1.54, 1.807) is 0 Å². The average Bonchev–Trinajstić information content (AvgIpc) is 2.09. The van der Waals surface area contributed by atoms with Crippen molar-refractivity contribution in [3.05, 3.63) is 44.0 Å². The topological polar surface area (TPSA) is 47.5 Å². The molecular formula is C7H2BrFN2O2. The van der Waals surface area contributed by atoms with Crippen LogP contribution in [0.25, 0.3) is 4.85 Å². The van der Waals surface area contributed by atoms with Gasteiger partial charge in [0.1, 0.15) is 5.82 Å². The number of halogens is 2. The first-order valence-corrected chi connectivity index (χ1v) is 3.86. The number of nitro groups is 1. The minimum Gasteiger partial charge on any atom is -0.258 e. The van der Waals surface area contributed by atoms with Crippen LogP contribution in [0.5, 0.6) is 0 Å². The number of hydrogen-bond donors (Lipinski definition) is 0. The molecule has 0 heterocycles. The van der Waals surface area contributed by atoms with Crippen LogP contribution in [0.4, 0.5) is 15.8 Å². The first-order valence-electron chi connectivity index (χ1n) is 3.07. The van der Waals surface area contributed by atoms with Crippen molar-refractivity contribution in [2.75, 3.05) is 0 Å². The summed E-state index contributed by atoms with van der Waals surface area (Å²) >= 11 is 2.78. The summed E-state index contributed by atoms with van der Waals surface area (Å²) in [5.41, 5.74) is -0.666. The van der Waals surface area contributed by atoms with Gasteiger partial charge in [0.05, 0.1) is 11.5 Å². The van der Waals surface area contributed by atoms with Gasteiger partial charge in [0.15, 0.2) is 0 Å². The molecule has 0 radical (unpaired) electrons. The second-order valence-corrected chi connectivity index (χ2v) is 2.98. The maximum Gasteiger partial charge on any atom is 0.260 e. The second-order valence-electron chi connectivity index (χ2n) is 2.13. The highest BCUT2D eigenvalue weighted by Crippen LogP contribution is 2.30. The van der Waals surface area contributed by atoms with Crippen LogP contribution in [0, 0.1) is 22.5 Å². The van der Waals surface area contributed by atoms with E-state index in [4.69, 9.17) is 6.57 Å². The highest BCUT2D eigenvalue weighted by atomic mass is 79.9. The Balaban J connectivity index is 3.41. The summed E-state index contributed by atoms with van der Waals surface area (Å²) in [6, 6.07) is 1.91. The SMILES string of the molecule is [C-]#[N+]c1cc([N+](=O)[O-])cc(Br)c1F. The molecule has 0 N–H and O–H groups in total. The van der Waals surface area contributed by atoms with E-state index in [9.17, 15) is 14.5 Å². The summed E-state index contributed by atoms with van der Waals surface area (Å²) in [6.45, 7) is 6.56. The quantitative estimate of drug-likeness (QED) is 0.433. The highest BCUT2D eigenvalue weighted by Gasteiger charge is 2.14. The van der Waals surface area contributed by atoms with Crippen LogP contribution in [0.3, 0.4) is 0 Å². The van der Waals surface area contributed by atoms with Gasteiger partial charge in [0.25, 0.3) is 5.69 Å². The summed E-state index contributed by atoms with van der Waals surface area (Å²) in [6.07, 6.45) is 0. The smallest absolute Gasteiger partial charge is 0.258 e. The summed E-state index contributed by atoms with van der Waals surface area (Å²) in [7, 11) is 0. The highest BCUT2D eigenvalue weighted by molar-refractivity contribution is 9.10. The molecule has 13 heavy (non-hydrogen) atoms. The fraction of sp³-hybridized carbons (Fsp3) is 0. The van der Waals surface area contributed by atoms with Gasteiger partial charge < -0.3 is 0 Å². The largest absolute Gasteiger partial charge is 0.260 e. The van der Waals surface area contributed by atoms with Gasteiger partial charge in [0, 0.05) is 16.6 Å². The lowest BCUT2D eigenvalue weighted by Crippen LogP contribution is -1.89. The molecule has 0 fully saturated rings. The van der Waals surface area contributed by atoms with Crippen molar-refractivity contribution in [2.24, 2.45) is 0 Å². The predicted octanol–water partition coefficient (Wildman–Crippen LogP) is 3.05. The molecule has 0 unspecified atom stereocenters. The molecule has 0 aliphatic heterocycles. The summed E-state index contributed by atoms with van der Waals surface area (Å²) in [4.78, 5) is 12.4. The van der Waals surface area contributed by atoms with Crippen LogP contribution >= 0.6 is 15.9 Å². The van der Waals surface area contributed by atoms with E-state index < -0.39 is 10.7 Å². The Labute approximate surface area is 81.1 Å². The van der Waals surface area contributed by atoms with Gasteiger partial charge in [-0.3, -0.25) is 10.1 Å². The van der Waals surface area contributed by atoms with Crippen molar-refractivity contribution >= 4 is 27.3 Å². The van der Waals surface area contributed by atoms with E-state index in [1.165, 1.54) is 0 Å². The molecule has 0 aliphatic rings. The molecule has 6 heteroatoms.